The van der Waals surface area contributed by atoms with Crippen molar-refractivity contribution in [2.45, 2.75) is 33.1 Å². The van der Waals surface area contributed by atoms with Crippen molar-refractivity contribution in [3.63, 3.8) is 0 Å². The third-order valence-corrected chi connectivity index (χ3v) is 1.05. The predicted molar refractivity (Wildman–Crippen MR) is 37.5 cm³/mol. The van der Waals surface area contributed by atoms with Crippen LogP contribution in [0.4, 0.5) is 0 Å². The lowest BCUT2D eigenvalue weighted by Gasteiger charge is -1.96. The largest absolute Gasteiger partial charge is 0.313 e. The molecule has 0 fully saturated rings. The molecule has 1 N–H and O–H groups in total. The standard InChI is InChI=1S/C7H16N/c1-3-5-6-7-8-4-2/h7-8H,3-6H2,1-2H3. The van der Waals surface area contributed by atoms with Crippen LogP contribution in [-0.2, 0) is 0 Å². The van der Waals surface area contributed by atoms with E-state index in [1.165, 1.54) is 19.3 Å². The van der Waals surface area contributed by atoms with E-state index in [4.69, 9.17) is 0 Å². The van der Waals surface area contributed by atoms with Crippen molar-refractivity contribution in [1.82, 2.24) is 5.32 Å². The molecule has 0 aromatic rings. The highest BCUT2D eigenvalue weighted by Crippen LogP contribution is 1.93. The Morgan fingerprint density at radius 1 is 1.38 bits per heavy atom. The van der Waals surface area contributed by atoms with E-state index in [1.54, 1.807) is 0 Å². The fourth-order valence-electron chi connectivity index (χ4n) is 0.553. The van der Waals surface area contributed by atoms with Gasteiger partial charge in [-0.2, -0.15) is 0 Å². The first kappa shape index (κ1) is 7.96. The zero-order chi connectivity index (χ0) is 6.24. The van der Waals surface area contributed by atoms with Crippen LogP contribution in [0.15, 0.2) is 0 Å². The summed E-state index contributed by atoms with van der Waals surface area (Å²) in [6, 6.07) is 0. The molecule has 0 aliphatic rings. The maximum Gasteiger partial charge on any atom is 0.0221 e. The number of unbranched alkanes of at least 4 members (excludes halogenated alkanes) is 2. The molecule has 49 valence electrons. The fourth-order valence-corrected chi connectivity index (χ4v) is 0.553. The minimum absolute atomic E-state index is 1.06. The Bertz CT molecular complexity index is 29.4. The molecule has 1 heteroatoms. The summed E-state index contributed by atoms with van der Waals surface area (Å²) in [7, 11) is 0. The Hall–Kier alpha value is -0.0400. The van der Waals surface area contributed by atoms with Crippen LogP contribution in [0.3, 0.4) is 0 Å². The molecule has 0 amide bonds. The first-order valence-corrected chi connectivity index (χ1v) is 3.46. The summed E-state index contributed by atoms with van der Waals surface area (Å²) in [5.74, 6) is 0. The zero-order valence-corrected chi connectivity index (χ0v) is 5.91. The van der Waals surface area contributed by atoms with E-state index in [0.29, 0.717) is 0 Å². The highest BCUT2D eigenvalue weighted by molar-refractivity contribution is 4.58. The van der Waals surface area contributed by atoms with Crippen LogP contribution in [0, 0.1) is 6.54 Å². The van der Waals surface area contributed by atoms with Crippen molar-refractivity contribution in [3.05, 3.63) is 6.54 Å². The lowest BCUT2D eigenvalue weighted by molar-refractivity contribution is 0.708. The number of rotatable bonds is 5. The average molecular weight is 114 g/mol. The topological polar surface area (TPSA) is 12.0 Å². The third kappa shape index (κ3) is 5.96. The van der Waals surface area contributed by atoms with E-state index in [9.17, 15) is 0 Å². The highest BCUT2D eigenvalue weighted by Gasteiger charge is 1.82. The zero-order valence-electron chi connectivity index (χ0n) is 5.91. The molecule has 0 aromatic heterocycles. The van der Waals surface area contributed by atoms with E-state index in [-0.39, 0.29) is 0 Å². The molecular formula is C7H16N. The van der Waals surface area contributed by atoms with E-state index in [1.807, 2.05) is 0 Å². The van der Waals surface area contributed by atoms with Gasteiger partial charge >= 0.3 is 0 Å². The second-order valence-corrected chi connectivity index (χ2v) is 1.90. The Kier molecular flexibility index (Phi) is 6.93. The van der Waals surface area contributed by atoms with Crippen LogP contribution in [0.25, 0.3) is 0 Å². The van der Waals surface area contributed by atoms with Crippen LogP contribution in [0.2, 0.25) is 0 Å². The summed E-state index contributed by atoms with van der Waals surface area (Å²) in [6.45, 7) is 7.52. The van der Waals surface area contributed by atoms with Crippen LogP contribution >= 0.6 is 0 Å². The summed E-state index contributed by atoms with van der Waals surface area (Å²) in [5.41, 5.74) is 0. The summed E-state index contributed by atoms with van der Waals surface area (Å²) < 4.78 is 0. The van der Waals surface area contributed by atoms with E-state index in [2.05, 4.69) is 25.7 Å². The molecule has 0 aliphatic heterocycles. The maximum absolute atomic E-state index is 3.16. The van der Waals surface area contributed by atoms with Gasteiger partial charge in [-0.25, -0.2) is 0 Å². The van der Waals surface area contributed by atoms with Crippen LogP contribution in [0.1, 0.15) is 33.1 Å². The van der Waals surface area contributed by atoms with Gasteiger partial charge in [0.25, 0.3) is 0 Å². The summed E-state index contributed by atoms with van der Waals surface area (Å²) >= 11 is 0. The number of hydrogen-bond donors (Lipinski definition) is 1. The summed E-state index contributed by atoms with van der Waals surface area (Å²) in [4.78, 5) is 0. The van der Waals surface area contributed by atoms with Crippen LogP contribution in [-0.4, -0.2) is 6.54 Å². The molecule has 0 rings (SSSR count). The lowest BCUT2D eigenvalue weighted by Crippen LogP contribution is -2.07. The average Bonchev–Trinajstić information content (AvgIpc) is 1.81. The van der Waals surface area contributed by atoms with Gasteiger partial charge in [0.1, 0.15) is 0 Å². The van der Waals surface area contributed by atoms with Gasteiger partial charge in [0.15, 0.2) is 0 Å². The summed E-state index contributed by atoms with van der Waals surface area (Å²) in [6.07, 6.45) is 3.82. The maximum atomic E-state index is 3.16. The molecule has 0 bridgehead atoms. The number of nitrogens with one attached hydrogen (secondary N) is 1. The minimum Gasteiger partial charge on any atom is -0.313 e. The molecular weight excluding hydrogens is 98.1 g/mol. The first-order chi connectivity index (χ1) is 3.91. The van der Waals surface area contributed by atoms with Crippen LogP contribution < -0.4 is 5.32 Å². The molecule has 8 heavy (non-hydrogen) atoms. The van der Waals surface area contributed by atoms with Gasteiger partial charge in [-0.1, -0.05) is 26.7 Å². The molecule has 1 radical (unpaired) electrons. The fraction of sp³-hybridized carbons (Fsp3) is 0.857. The SMILES string of the molecule is CCCC[CH]NCC. The Morgan fingerprint density at radius 3 is 2.62 bits per heavy atom. The van der Waals surface area contributed by atoms with Gasteiger partial charge in [-0.3, -0.25) is 0 Å². The normalized spacial score (nSPS) is 9.75. The van der Waals surface area contributed by atoms with Gasteiger partial charge in [-0.15, -0.1) is 0 Å². The van der Waals surface area contributed by atoms with Gasteiger partial charge in [0.05, 0.1) is 0 Å². The molecule has 0 saturated heterocycles. The molecule has 0 aliphatic carbocycles. The highest BCUT2D eigenvalue weighted by atomic mass is 14.8. The lowest BCUT2D eigenvalue weighted by atomic mass is 10.2. The first-order valence-electron chi connectivity index (χ1n) is 3.46. The van der Waals surface area contributed by atoms with Crippen molar-refractivity contribution in [1.29, 1.82) is 0 Å². The molecule has 0 aromatic carbocycles. The van der Waals surface area contributed by atoms with E-state index < -0.39 is 0 Å². The van der Waals surface area contributed by atoms with Gasteiger partial charge in [0, 0.05) is 6.54 Å². The Labute approximate surface area is 52.5 Å². The van der Waals surface area contributed by atoms with Crippen molar-refractivity contribution in [2.24, 2.45) is 0 Å². The van der Waals surface area contributed by atoms with Gasteiger partial charge in [0.2, 0.25) is 0 Å². The quantitative estimate of drug-likeness (QED) is 0.539. The molecule has 0 saturated carbocycles. The van der Waals surface area contributed by atoms with Gasteiger partial charge in [-0.05, 0) is 13.0 Å². The van der Waals surface area contributed by atoms with Gasteiger partial charge < -0.3 is 5.32 Å². The van der Waals surface area contributed by atoms with Crippen LogP contribution in [0.5, 0.6) is 0 Å². The molecule has 0 atom stereocenters. The molecule has 0 heterocycles. The van der Waals surface area contributed by atoms with E-state index >= 15 is 0 Å². The third-order valence-electron chi connectivity index (χ3n) is 1.05. The molecule has 0 unspecified atom stereocenters. The van der Waals surface area contributed by atoms with Crippen molar-refractivity contribution in [3.8, 4) is 0 Å². The van der Waals surface area contributed by atoms with Crippen molar-refractivity contribution < 1.29 is 0 Å². The predicted octanol–water partition coefficient (Wildman–Crippen LogP) is 1.95. The van der Waals surface area contributed by atoms with Crippen molar-refractivity contribution in [2.75, 3.05) is 6.54 Å². The molecule has 0 spiro atoms. The second kappa shape index (κ2) is 6.96. The smallest absolute Gasteiger partial charge is 0.0221 e. The Balaban J connectivity index is 2.53. The monoisotopic (exact) mass is 114 g/mol. The Morgan fingerprint density at radius 2 is 2.12 bits per heavy atom. The van der Waals surface area contributed by atoms with E-state index in [0.717, 1.165) is 6.54 Å². The minimum atomic E-state index is 1.06. The second-order valence-electron chi connectivity index (χ2n) is 1.90. The van der Waals surface area contributed by atoms with Crippen molar-refractivity contribution >= 4 is 0 Å². The summed E-state index contributed by atoms with van der Waals surface area (Å²) in [5, 5.41) is 3.16. The number of hydrogen-bond acceptors (Lipinski definition) is 1. The molecule has 1 nitrogen and oxygen atoms in total.